The van der Waals surface area contributed by atoms with E-state index in [-0.39, 0.29) is 11.6 Å². The van der Waals surface area contributed by atoms with Crippen LogP contribution in [0.5, 0.6) is 0 Å². The minimum Gasteiger partial charge on any atom is -0.304 e. The first-order valence-electron chi connectivity index (χ1n) is 4.16. The van der Waals surface area contributed by atoms with E-state index in [1.807, 2.05) is 0 Å². The number of aromatic nitrogens is 2. The first-order valence-corrected chi connectivity index (χ1v) is 4.16. The van der Waals surface area contributed by atoms with Crippen molar-refractivity contribution in [2.24, 2.45) is 0 Å². The highest BCUT2D eigenvalue weighted by atomic mass is 19.4. The number of nitrogens with zero attached hydrogens (tertiary/aromatic N) is 3. The van der Waals surface area contributed by atoms with Gasteiger partial charge in [-0.3, -0.25) is 0 Å². The fourth-order valence-electron chi connectivity index (χ4n) is 0.999. The van der Waals surface area contributed by atoms with Crippen molar-refractivity contribution in [2.75, 3.05) is 19.5 Å². The monoisotopic (exact) mass is 220 g/mol. The molecule has 0 unspecified atom stereocenters. The Bertz CT molecular complexity index is 348. The van der Waals surface area contributed by atoms with Crippen LogP contribution in [0.1, 0.15) is 11.5 Å². The van der Waals surface area contributed by atoms with E-state index in [4.69, 9.17) is 0 Å². The molecular formula is C8H11F3N4. The van der Waals surface area contributed by atoms with Crippen molar-refractivity contribution in [3.05, 3.63) is 17.6 Å². The van der Waals surface area contributed by atoms with E-state index >= 15 is 0 Å². The fourth-order valence-corrected chi connectivity index (χ4v) is 0.999. The molecule has 0 saturated carbocycles. The van der Waals surface area contributed by atoms with Crippen LogP contribution in [-0.2, 0) is 6.18 Å². The number of nitrogens with one attached hydrogen (secondary N) is 1. The first-order chi connectivity index (χ1) is 6.79. The lowest BCUT2D eigenvalue weighted by molar-refractivity contribution is -0.141. The highest BCUT2D eigenvalue weighted by Gasteiger charge is 2.33. The number of anilines is 1. The zero-order valence-corrected chi connectivity index (χ0v) is 8.55. The number of alkyl halides is 3. The Labute approximate surface area is 85.1 Å². The molecule has 1 rings (SSSR count). The quantitative estimate of drug-likeness (QED) is 0.770. The van der Waals surface area contributed by atoms with Gasteiger partial charge in [0.2, 0.25) is 0 Å². The van der Waals surface area contributed by atoms with Crippen LogP contribution >= 0.6 is 0 Å². The molecule has 1 aromatic rings. The SMILES string of the molecule is Cc1nc(NN(C)C)cc(C(F)(F)F)n1. The van der Waals surface area contributed by atoms with Crippen LogP contribution in [0.2, 0.25) is 0 Å². The molecule has 0 aliphatic rings. The molecule has 0 aliphatic carbocycles. The fraction of sp³-hybridized carbons (Fsp3) is 0.500. The standard InChI is InChI=1S/C8H11F3N4/c1-5-12-6(8(9,10)11)4-7(13-5)14-15(2)3/h4H,1-3H3,(H,12,13,14). The molecule has 0 fully saturated rings. The summed E-state index contributed by atoms with van der Waals surface area (Å²) in [6, 6.07) is 0.868. The van der Waals surface area contributed by atoms with Gasteiger partial charge < -0.3 is 5.43 Å². The van der Waals surface area contributed by atoms with Gasteiger partial charge in [0.15, 0.2) is 0 Å². The largest absolute Gasteiger partial charge is 0.433 e. The Kier molecular flexibility index (Phi) is 3.13. The van der Waals surface area contributed by atoms with Gasteiger partial charge in [0.05, 0.1) is 0 Å². The first kappa shape index (κ1) is 11.7. The third-order valence-corrected chi connectivity index (χ3v) is 1.47. The summed E-state index contributed by atoms with van der Waals surface area (Å²) in [5, 5.41) is 1.50. The van der Waals surface area contributed by atoms with Crippen molar-refractivity contribution in [2.45, 2.75) is 13.1 Å². The van der Waals surface area contributed by atoms with Gasteiger partial charge in [0, 0.05) is 20.2 Å². The van der Waals surface area contributed by atoms with Crippen LogP contribution in [0.4, 0.5) is 19.0 Å². The van der Waals surface area contributed by atoms with Gasteiger partial charge >= 0.3 is 6.18 Å². The van der Waals surface area contributed by atoms with Crippen molar-refractivity contribution >= 4 is 5.82 Å². The third kappa shape index (κ3) is 3.35. The van der Waals surface area contributed by atoms with Gasteiger partial charge in [-0.05, 0) is 6.92 Å². The van der Waals surface area contributed by atoms with E-state index in [1.54, 1.807) is 14.1 Å². The Morgan fingerprint density at radius 2 is 1.87 bits per heavy atom. The van der Waals surface area contributed by atoms with E-state index in [1.165, 1.54) is 11.9 Å². The Balaban J connectivity index is 3.06. The van der Waals surface area contributed by atoms with Crippen molar-refractivity contribution in [1.82, 2.24) is 15.0 Å². The van der Waals surface area contributed by atoms with E-state index in [0.29, 0.717) is 0 Å². The lowest BCUT2D eigenvalue weighted by atomic mass is 10.3. The van der Waals surface area contributed by atoms with E-state index in [2.05, 4.69) is 15.4 Å². The summed E-state index contributed by atoms with van der Waals surface area (Å²) in [6.45, 7) is 1.41. The smallest absolute Gasteiger partial charge is 0.304 e. The second kappa shape index (κ2) is 4.01. The van der Waals surface area contributed by atoms with Crippen molar-refractivity contribution in [3.63, 3.8) is 0 Å². The molecule has 1 aromatic heterocycles. The molecule has 0 spiro atoms. The molecule has 0 aliphatic heterocycles. The van der Waals surface area contributed by atoms with Gasteiger partial charge in [-0.2, -0.15) is 13.2 Å². The Morgan fingerprint density at radius 3 is 2.33 bits per heavy atom. The molecule has 1 N–H and O–H groups in total. The van der Waals surface area contributed by atoms with Gasteiger partial charge in [0.1, 0.15) is 17.3 Å². The average molecular weight is 220 g/mol. The van der Waals surface area contributed by atoms with Crippen LogP contribution in [0.15, 0.2) is 6.07 Å². The summed E-state index contributed by atoms with van der Waals surface area (Å²) in [5.41, 5.74) is 1.70. The maximum absolute atomic E-state index is 12.4. The maximum Gasteiger partial charge on any atom is 0.433 e. The van der Waals surface area contributed by atoms with Crippen molar-refractivity contribution in [3.8, 4) is 0 Å². The molecule has 4 nitrogen and oxygen atoms in total. The summed E-state index contributed by atoms with van der Waals surface area (Å²) >= 11 is 0. The Morgan fingerprint density at radius 1 is 1.27 bits per heavy atom. The van der Waals surface area contributed by atoms with Crippen molar-refractivity contribution < 1.29 is 13.2 Å². The molecule has 15 heavy (non-hydrogen) atoms. The Hall–Kier alpha value is -1.37. The molecule has 0 saturated heterocycles. The molecule has 7 heteroatoms. The third-order valence-electron chi connectivity index (χ3n) is 1.47. The molecule has 0 bridgehead atoms. The predicted octanol–water partition coefficient (Wildman–Crippen LogP) is 1.69. The zero-order valence-electron chi connectivity index (χ0n) is 8.55. The van der Waals surface area contributed by atoms with Crippen molar-refractivity contribution in [1.29, 1.82) is 0 Å². The minimum atomic E-state index is -4.45. The van der Waals surface area contributed by atoms with Crippen LogP contribution < -0.4 is 5.43 Å². The number of rotatable bonds is 2. The van der Waals surface area contributed by atoms with E-state index in [9.17, 15) is 13.2 Å². The van der Waals surface area contributed by atoms with E-state index < -0.39 is 11.9 Å². The normalized spacial score (nSPS) is 11.9. The van der Waals surface area contributed by atoms with Gasteiger partial charge in [-0.25, -0.2) is 15.0 Å². The van der Waals surface area contributed by atoms with Gasteiger partial charge in [-0.1, -0.05) is 0 Å². The minimum absolute atomic E-state index is 0.0779. The average Bonchev–Trinajstić information content (AvgIpc) is 1.99. The number of hydrogen-bond donors (Lipinski definition) is 1. The van der Waals surface area contributed by atoms with Crippen LogP contribution in [0, 0.1) is 6.92 Å². The highest BCUT2D eigenvalue weighted by Crippen LogP contribution is 2.28. The van der Waals surface area contributed by atoms with Gasteiger partial charge in [-0.15, -0.1) is 0 Å². The van der Waals surface area contributed by atoms with Gasteiger partial charge in [0.25, 0.3) is 0 Å². The summed E-state index contributed by atoms with van der Waals surface area (Å²) < 4.78 is 37.1. The number of hydrogen-bond acceptors (Lipinski definition) is 4. The number of hydrazine groups is 1. The summed E-state index contributed by atoms with van der Waals surface area (Å²) in [4.78, 5) is 7.14. The molecule has 0 radical (unpaired) electrons. The number of aryl methyl sites for hydroxylation is 1. The predicted molar refractivity (Wildman–Crippen MR) is 49.1 cm³/mol. The summed E-state index contributed by atoms with van der Waals surface area (Å²) in [7, 11) is 3.31. The topological polar surface area (TPSA) is 41.1 Å². The molecule has 84 valence electrons. The molecule has 0 amide bonds. The maximum atomic E-state index is 12.4. The summed E-state index contributed by atoms with van der Waals surface area (Å²) in [5.74, 6) is 0.203. The highest BCUT2D eigenvalue weighted by molar-refractivity contribution is 5.35. The summed E-state index contributed by atoms with van der Waals surface area (Å²) in [6.07, 6.45) is -4.45. The second-order valence-electron chi connectivity index (χ2n) is 3.19. The molecular weight excluding hydrogens is 209 g/mol. The zero-order chi connectivity index (χ0) is 11.6. The molecule has 0 aromatic carbocycles. The number of halogens is 3. The lowest BCUT2D eigenvalue weighted by Crippen LogP contribution is -2.21. The van der Waals surface area contributed by atoms with Crippen LogP contribution in [0.3, 0.4) is 0 Å². The van der Waals surface area contributed by atoms with E-state index in [0.717, 1.165) is 6.07 Å². The second-order valence-corrected chi connectivity index (χ2v) is 3.19. The van der Waals surface area contributed by atoms with Crippen LogP contribution in [-0.4, -0.2) is 29.1 Å². The molecule has 1 heterocycles. The van der Waals surface area contributed by atoms with Crippen LogP contribution in [0.25, 0.3) is 0 Å². The molecule has 0 atom stereocenters. The lowest BCUT2D eigenvalue weighted by Gasteiger charge is -2.14.